The molecule has 0 saturated heterocycles. The predicted octanol–water partition coefficient (Wildman–Crippen LogP) is 1.71. The minimum atomic E-state index is -0.216. The first-order chi connectivity index (χ1) is 8.81. The maximum Gasteiger partial charge on any atom is 0.258 e. The van der Waals surface area contributed by atoms with Crippen LogP contribution in [0.2, 0.25) is 0 Å². The lowest BCUT2D eigenvalue weighted by Gasteiger charge is -2.03. The first-order valence-electron chi connectivity index (χ1n) is 5.30. The van der Waals surface area contributed by atoms with Crippen LogP contribution in [-0.2, 0) is 0 Å². The summed E-state index contributed by atoms with van der Waals surface area (Å²) < 4.78 is 0. The molecule has 0 aliphatic rings. The van der Waals surface area contributed by atoms with Gasteiger partial charge >= 0.3 is 0 Å². The van der Waals surface area contributed by atoms with Gasteiger partial charge in [0.05, 0.1) is 12.1 Å². The number of thiazole rings is 1. The van der Waals surface area contributed by atoms with Crippen LogP contribution in [0.3, 0.4) is 0 Å². The molecule has 0 radical (unpaired) electrons. The minimum Gasteiger partial charge on any atom is -0.320 e. The Morgan fingerprint density at radius 1 is 1.44 bits per heavy atom. The molecule has 90 valence electrons. The van der Waals surface area contributed by atoms with Gasteiger partial charge in [-0.2, -0.15) is 0 Å². The molecule has 2 aromatic rings. The van der Waals surface area contributed by atoms with Crippen molar-refractivity contribution in [3.63, 3.8) is 0 Å². The molecule has 4 nitrogen and oxygen atoms in total. The normalized spacial score (nSPS) is 9.39. The highest BCUT2D eigenvalue weighted by Gasteiger charge is 2.10. The SMILES string of the molecule is NCC#Cc1ccccc1C(=O)Nc1nccs1. The van der Waals surface area contributed by atoms with E-state index in [1.807, 2.05) is 6.07 Å². The zero-order valence-electron chi connectivity index (χ0n) is 9.51. The van der Waals surface area contributed by atoms with E-state index in [4.69, 9.17) is 5.73 Å². The summed E-state index contributed by atoms with van der Waals surface area (Å²) in [5.41, 5.74) is 6.52. The summed E-state index contributed by atoms with van der Waals surface area (Å²) in [6, 6.07) is 7.15. The van der Waals surface area contributed by atoms with E-state index in [-0.39, 0.29) is 12.5 Å². The molecule has 0 fully saturated rings. The molecule has 1 heterocycles. The van der Waals surface area contributed by atoms with Crippen molar-refractivity contribution in [1.82, 2.24) is 4.98 Å². The van der Waals surface area contributed by atoms with Crippen LogP contribution < -0.4 is 11.1 Å². The molecular formula is C13H11N3OS. The highest BCUT2D eigenvalue weighted by atomic mass is 32.1. The van der Waals surface area contributed by atoms with E-state index in [0.717, 1.165) is 0 Å². The Labute approximate surface area is 109 Å². The van der Waals surface area contributed by atoms with Crippen LogP contribution in [-0.4, -0.2) is 17.4 Å². The summed E-state index contributed by atoms with van der Waals surface area (Å²) >= 11 is 1.37. The third-order valence-electron chi connectivity index (χ3n) is 2.15. The Hall–Kier alpha value is -2.16. The number of carbonyl (C=O) groups excluding carboxylic acids is 1. The Morgan fingerprint density at radius 2 is 2.28 bits per heavy atom. The third-order valence-corrected chi connectivity index (χ3v) is 2.84. The highest BCUT2D eigenvalue weighted by molar-refractivity contribution is 7.13. The van der Waals surface area contributed by atoms with Gasteiger partial charge in [-0.15, -0.1) is 11.3 Å². The zero-order valence-corrected chi connectivity index (χ0v) is 10.3. The van der Waals surface area contributed by atoms with E-state index in [1.165, 1.54) is 11.3 Å². The lowest BCUT2D eigenvalue weighted by molar-refractivity contribution is 0.102. The van der Waals surface area contributed by atoms with Crippen LogP contribution in [0.1, 0.15) is 15.9 Å². The van der Waals surface area contributed by atoms with Crippen LogP contribution in [0, 0.1) is 11.8 Å². The number of amides is 1. The second-order valence-corrected chi connectivity index (χ2v) is 4.24. The van der Waals surface area contributed by atoms with E-state index in [9.17, 15) is 4.79 Å². The second-order valence-electron chi connectivity index (χ2n) is 3.34. The number of carbonyl (C=O) groups is 1. The number of hydrogen-bond donors (Lipinski definition) is 2. The number of aromatic nitrogens is 1. The molecule has 2 rings (SSSR count). The summed E-state index contributed by atoms with van der Waals surface area (Å²) in [6.07, 6.45) is 1.64. The van der Waals surface area contributed by atoms with Gasteiger partial charge in [-0.3, -0.25) is 10.1 Å². The van der Waals surface area contributed by atoms with Crippen molar-refractivity contribution in [3.8, 4) is 11.8 Å². The third kappa shape index (κ3) is 2.94. The molecule has 0 atom stereocenters. The monoisotopic (exact) mass is 257 g/mol. The van der Waals surface area contributed by atoms with Gasteiger partial charge in [0.15, 0.2) is 5.13 Å². The van der Waals surface area contributed by atoms with Gasteiger partial charge in [0, 0.05) is 17.1 Å². The van der Waals surface area contributed by atoms with Crippen LogP contribution in [0.5, 0.6) is 0 Å². The molecule has 0 aliphatic carbocycles. The number of rotatable bonds is 2. The number of hydrogen-bond acceptors (Lipinski definition) is 4. The van der Waals surface area contributed by atoms with Gasteiger partial charge in [0.25, 0.3) is 5.91 Å². The largest absolute Gasteiger partial charge is 0.320 e. The molecule has 1 amide bonds. The van der Waals surface area contributed by atoms with Gasteiger partial charge in [0.1, 0.15) is 0 Å². The number of anilines is 1. The summed E-state index contributed by atoms with van der Waals surface area (Å²) in [7, 11) is 0. The van der Waals surface area contributed by atoms with Gasteiger partial charge in [0.2, 0.25) is 0 Å². The average molecular weight is 257 g/mol. The first-order valence-corrected chi connectivity index (χ1v) is 6.18. The summed E-state index contributed by atoms with van der Waals surface area (Å²) in [4.78, 5) is 16.1. The zero-order chi connectivity index (χ0) is 12.8. The van der Waals surface area contributed by atoms with Crippen molar-refractivity contribution in [2.75, 3.05) is 11.9 Å². The number of nitrogens with one attached hydrogen (secondary N) is 1. The molecule has 0 aliphatic heterocycles. The summed E-state index contributed by atoms with van der Waals surface area (Å²) in [5.74, 6) is 5.41. The van der Waals surface area contributed by atoms with Crippen LogP contribution in [0.25, 0.3) is 0 Å². The van der Waals surface area contributed by atoms with Gasteiger partial charge in [-0.1, -0.05) is 24.0 Å². The van der Waals surface area contributed by atoms with Crippen LogP contribution >= 0.6 is 11.3 Å². The van der Waals surface area contributed by atoms with Crippen molar-refractivity contribution < 1.29 is 4.79 Å². The molecule has 18 heavy (non-hydrogen) atoms. The molecule has 1 aromatic carbocycles. The molecule has 0 unspecified atom stereocenters. The van der Waals surface area contributed by atoms with Crippen molar-refractivity contribution in [2.24, 2.45) is 5.73 Å². The van der Waals surface area contributed by atoms with Crippen molar-refractivity contribution >= 4 is 22.4 Å². The topological polar surface area (TPSA) is 68.0 Å². The number of nitrogens with zero attached hydrogens (tertiary/aromatic N) is 1. The second kappa shape index (κ2) is 5.96. The summed E-state index contributed by atoms with van der Waals surface area (Å²) in [5, 5.41) is 5.10. The van der Waals surface area contributed by atoms with Gasteiger partial charge in [-0.05, 0) is 12.1 Å². The maximum atomic E-state index is 12.1. The van der Waals surface area contributed by atoms with E-state index < -0.39 is 0 Å². The lowest BCUT2D eigenvalue weighted by atomic mass is 10.1. The van der Waals surface area contributed by atoms with Gasteiger partial charge < -0.3 is 5.73 Å². The molecule has 3 N–H and O–H groups in total. The van der Waals surface area contributed by atoms with Crippen LogP contribution in [0.15, 0.2) is 35.8 Å². The van der Waals surface area contributed by atoms with E-state index in [0.29, 0.717) is 16.3 Å². The highest BCUT2D eigenvalue weighted by Crippen LogP contribution is 2.14. The van der Waals surface area contributed by atoms with Crippen molar-refractivity contribution in [3.05, 3.63) is 47.0 Å². The Kier molecular flexibility index (Phi) is 4.07. The molecule has 5 heteroatoms. The van der Waals surface area contributed by atoms with E-state index in [2.05, 4.69) is 22.1 Å². The lowest BCUT2D eigenvalue weighted by Crippen LogP contribution is -2.13. The van der Waals surface area contributed by atoms with Crippen molar-refractivity contribution in [1.29, 1.82) is 0 Å². The Morgan fingerprint density at radius 3 is 3.00 bits per heavy atom. The number of benzene rings is 1. The summed E-state index contributed by atoms with van der Waals surface area (Å²) in [6.45, 7) is 0.266. The smallest absolute Gasteiger partial charge is 0.258 e. The fourth-order valence-electron chi connectivity index (χ4n) is 1.39. The average Bonchev–Trinajstić information content (AvgIpc) is 2.89. The quantitative estimate of drug-likeness (QED) is 0.805. The van der Waals surface area contributed by atoms with Crippen molar-refractivity contribution in [2.45, 2.75) is 0 Å². The molecular weight excluding hydrogens is 246 g/mol. The molecule has 0 saturated carbocycles. The molecule has 1 aromatic heterocycles. The fraction of sp³-hybridized carbons (Fsp3) is 0.0769. The Bertz CT molecular complexity index is 596. The van der Waals surface area contributed by atoms with Crippen LogP contribution in [0.4, 0.5) is 5.13 Å². The molecule has 0 bridgehead atoms. The minimum absolute atomic E-state index is 0.216. The van der Waals surface area contributed by atoms with E-state index >= 15 is 0 Å². The fourth-order valence-corrected chi connectivity index (χ4v) is 1.91. The predicted molar refractivity (Wildman–Crippen MR) is 72.4 cm³/mol. The number of nitrogens with two attached hydrogens (primary N) is 1. The standard InChI is InChI=1S/C13H11N3OS/c14-7-3-5-10-4-1-2-6-11(10)12(17)16-13-15-8-9-18-13/h1-2,4,6,8-9H,7,14H2,(H,15,16,17). The maximum absolute atomic E-state index is 12.1. The Balaban J connectivity index is 2.24. The molecule has 0 spiro atoms. The van der Waals surface area contributed by atoms with Gasteiger partial charge in [-0.25, -0.2) is 4.98 Å². The van der Waals surface area contributed by atoms with E-state index in [1.54, 1.807) is 29.8 Å². The first kappa shape index (κ1) is 12.3.